The summed E-state index contributed by atoms with van der Waals surface area (Å²) in [4.78, 5) is 4.96. The highest BCUT2D eigenvalue weighted by Crippen LogP contribution is 2.30. The number of benzene rings is 3. The van der Waals surface area contributed by atoms with Crippen molar-refractivity contribution in [2.24, 2.45) is 0 Å². The van der Waals surface area contributed by atoms with Crippen LogP contribution >= 0.6 is 11.6 Å². The average Bonchev–Trinajstić information content (AvgIpc) is 3.25. The molecule has 1 N–H and O–H groups in total. The standard InChI is InChI=1S/C26H21ClN4/c1-2-18-8-14-22(15-9-18)29-25-16-24(20-6-4-3-5-7-20)30-26-23(17-28-31(25)26)19-10-12-21(27)13-11-19/h3-17,29H,2H2,1H3. The summed E-state index contributed by atoms with van der Waals surface area (Å²) in [5.74, 6) is 0.855. The molecule has 0 radical (unpaired) electrons. The van der Waals surface area contributed by atoms with Gasteiger partial charge < -0.3 is 5.32 Å². The van der Waals surface area contributed by atoms with E-state index in [1.807, 2.05) is 59.2 Å². The van der Waals surface area contributed by atoms with Gasteiger partial charge in [0.25, 0.3) is 0 Å². The Morgan fingerprint density at radius 3 is 2.32 bits per heavy atom. The summed E-state index contributed by atoms with van der Waals surface area (Å²) < 4.78 is 1.85. The van der Waals surface area contributed by atoms with Crippen molar-refractivity contribution in [3.8, 4) is 22.4 Å². The summed E-state index contributed by atoms with van der Waals surface area (Å²) in [5.41, 5.74) is 7.02. The maximum atomic E-state index is 6.09. The molecule has 0 spiro atoms. The Bertz CT molecular complexity index is 1320. The molecular formula is C26H21ClN4. The van der Waals surface area contributed by atoms with E-state index in [1.54, 1.807) is 0 Å². The van der Waals surface area contributed by atoms with Crippen LogP contribution in [0.4, 0.5) is 11.5 Å². The van der Waals surface area contributed by atoms with Crippen molar-refractivity contribution in [2.45, 2.75) is 13.3 Å². The van der Waals surface area contributed by atoms with Gasteiger partial charge in [0.05, 0.1) is 11.9 Å². The zero-order valence-electron chi connectivity index (χ0n) is 17.1. The van der Waals surface area contributed by atoms with Gasteiger partial charge >= 0.3 is 0 Å². The number of nitrogens with one attached hydrogen (secondary N) is 1. The van der Waals surface area contributed by atoms with E-state index in [1.165, 1.54) is 5.56 Å². The lowest BCUT2D eigenvalue weighted by Gasteiger charge is -2.12. The second kappa shape index (κ2) is 8.25. The van der Waals surface area contributed by atoms with E-state index in [4.69, 9.17) is 16.6 Å². The summed E-state index contributed by atoms with van der Waals surface area (Å²) in [5, 5.41) is 8.87. The van der Waals surface area contributed by atoms with Crippen molar-refractivity contribution in [1.82, 2.24) is 14.6 Å². The number of halogens is 1. The third-order valence-electron chi connectivity index (χ3n) is 5.33. The van der Waals surface area contributed by atoms with Gasteiger partial charge in [0.15, 0.2) is 5.65 Å². The molecule has 2 aromatic heterocycles. The molecule has 0 atom stereocenters. The van der Waals surface area contributed by atoms with Gasteiger partial charge in [-0.1, -0.05) is 73.1 Å². The van der Waals surface area contributed by atoms with Crippen LogP contribution in [0.15, 0.2) is 91.1 Å². The fourth-order valence-electron chi connectivity index (χ4n) is 3.61. The van der Waals surface area contributed by atoms with Crippen LogP contribution in [0.3, 0.4) is 0 Å². The summed E-state index contributed by atoms with van der Waals surface area (Å²) in [6, 6.07) is 28.4. The molecule has 152 valence electrons. The van der Waals surface area contributed by atoms with Crippen molar-refractivity contribution in [1.29, 1.82) is 0 Å². The average molecular weight is 425 g/mol. The van der Waals surface area contributed by atoms with Gasteiger partial charge in [-0.05, 0) is 41.8 Å². The minimum absolute atomic E-state index is 0.705. The summed E-state index contributed by atoms with van der Waals surface area (Å²) in [7, 11) is 0. The van der Waals surface area contributed by atoms with Crippen molar-refractivity contribution in [3.05, 3.63) is 102 Å². The van der Waals surface area contributed by atoms with Crippen LogP contribution < -0.4 is 5.32 Å². The van der Waals surface area contributed by atoms with Crippen LogP contribution in [0.25, 0.3) is 28.0 Å². The predicted octanol–water partition coefficient (Wildman–Crippen LogP) is 7.02. The van der Waals surface area contributed by atoms with E-state index in [-0.39, 0.29) is 0 Å². The molecule has 0 bridgehead atoms. The smallest absolute Gasteiger partial charge is 0.165 e. The van der Waals surface area contributed by atoms with Crippen LogP contribution in [0, 0.1) is 0 Å². The molecule has 0 aliphatic heterocycles. The Morgan fingerprint density at radius 1 is 0.871 bits per heavy atom. The maximum absolute atomic E-state index is 6.09. The maximum Gasteiger partial charge on any atom is 0.165 e. The zero-order valence-corrected chi connectivity index (χ0v) is 17.8. The van der Waals surface area contributed by atoms with E-state index in [2.05, 4.69) is 53.7 Å². The molecule has 3 aromatic carbocycles. The highest BCUT2D eigenvalue weighted by atomic mass is 35.5. The molecule has 0 fully saturated rings. The van der Waals surface area contributed by atoms with Gasteiger partial charge in [-0.3, -0.25) is 0 Å². The molecule has 0 amide bonds. The van der Waals surface area contributed by atoms with Crippen LogP contribution in [0.2, 0.25) is 5.02 Å². The van der Waals surface area contributed by atoms with Gasteiger partial charge in [0.2, 0.25) is 0 Å². The third kappa shape index (κ3) is 3.90. The number of hydrogen-bond acceptors (Lipinski definition) is 3. The normalized spacial score (nSPS) is 11.0. The number of anilines is 2. The Balaban J connectivity index is 1.66. The van der Waals surface area contributed by atoms with Gasteiger partial charge in [-0.25, -0.2) is 4.98 Å². The van der Waals surface area contributed by atoms with Gasteiger partial charge in [-0.15, -0.1) is 0 Å². The first kappa shape index (κ1) is 19.3. The minimum Gasteiger partial charge on any atom is -0.340 e. The molecule has 4 nitrogen and oxygen atoms in total. The topological polar surface area (TPSA) is 42.2 Å². The lowest BCUT2D eigenvalue weighted by atomic mass is 10.1. The molecule has 5 aromatic rings. The highest BCUT2D eigenvalue weighted by Gasteiger charge is 2.14. The predicted molar refractivity (Wildman–Crippen MR) is 128 cm³/mol. The third-order valence-corrected chi connectivity index (χ3v) is 5.58. The number of hydrogen-bond donors (Lipinski definition) is 1. The minimum atomic E-state index is 0.705. The number of nitrogens with zero attached hydrogens (tertiary/aromatic N) is 3. The second-order valence-electron chi connectivity index (χ2n) is 7.37. The first-order valence-corrected chi connectivity index (χ1v) is 10.6. The van der Waals surface area contributed by atoms with Crippen LogP contribution in [0.1, 0.15) is 12.5 Å². The molecule has 0 aliphatic rings. The van der Waals surface area contributed by atoms with Crippen LogP contribution in [-0.2, 0) is 6.42 Å². The van der Waals surface area contributed by atoms with Crippen molar-refractivity contribution >= 4 is 28.8 Å². The molecular weight excluding hydrogens is 404 g/mol. The van der Waals surface area contributed by atoms with Crippen molar-refractivity contribution < 1.29 is 0 Å². The fraction of sp³-hybridized carbons (Fsp3) is 0.0769. The van der Waals surface area contributed by atoms with E-state index < -0.39 is 0 Å². The molecule has 31 heavy (non-hydrogen) atoms. The van der Waals surface area contributed by atoms with Crippen LogP contribution in [0.5, 0.6) is 0 Å². The van der Waals surface area contributed by atoms with E-state index in [9.17, 15) is 0 Å². The molecule has 0 aliphatic carbocycles. The van der Waals surface area contributed by atoms with Crippen LogP contribution in [-0.4, -0.2) is 14.6 Å². The van der Waals surface area contributed by atoms with Gasteiger partial charge in [0.1, 0.15) is 5.82 Å². The molecule has 2 heterocycles. The SMILES string of the molecule is CCc1ccc(Nc2cc(-c3ccccc3)nc3c(-c4ccc(Cl)cc4)cnn23)cc1. The molecule has 0 saturated carbocycles. The first-order chi connectivity index (χ1) is 15.2. The van der Waals surface area contributed by atoms with E-state index >= 15 is 0 Å². The number of rotatable bonds is 5. The summed E-state index contributed by atoms with van der Waals surface area (Å²) in [6.07, 6.45) is 2.87. The fourth-order valence-corrected chi connectivity index (χ4v) is 3.74. The molecule has 5 rings (SSSR count). The highest BCUT2D eigenvalue weighted by molar-refractivity contribution is 6.30. The van der Waals surface area contributed by atoms with E-state index in [0.717, 1.165) is 46.0 Å². The van der Waals surface area contributed by atoms with Crippen molar-refractivity contribution in [2.75, 3.05) is 5.32 Å². The Morgan fingerprint density at radius 2 is 1.61 bits per heavy atom. The molecule has 0 unspecified atom stereocenters. The largest absolute Gasteiger partial charge is 0.340 e. The number of fused-ring (bicyclic) bond motifs is 1. The number of aryl methyl sites for hydroxylation is 1. The second-order valence-corrected chi connectivity index (χ2v) is 7.81. The molecule has 5 heteroatoms. The van der Waals surface area contributed by atoms with Crippen molar-refractivity contribution in [3.63, 3.8) is 0 Å². The Labute approximate surface area is 186 Å². The summed E-state index contributed by atoms with van der Waals surface area (Å²) >= 11 is 6.09. The zero-order chi connectivity index (χ0) is 21.2. The Hall–Kier alpha value is -3.63. The lowest BCUT2D eigenvalue weighted by molar-refractivity contribution is 0.949. The Kier molecular flexibility index (Phi) is 5.14. The van der Waals surface area contributed by atoms with Gasteiger partial charge in [0, 0.05) is 27.9 Å². The van der Waals surface area contributed by atoms with E-state index in [0.29, 0.717) is 5.02 Å². The number of aromatic nitrogens is 3. The monoisotopic (exact) mass is 424 g/mol. The first-order valence-electron chi connectivity index (χ1n) is 10.3. The summed E-state index contributed by atoms with van der Waals surface area (Å²) in [6.45, 7) is 2.16. The quantitative estimate of drug-likeness (QED) is 0.329. The lowest BCUT2D eigenvalue weighted by Crippen LogP contribution is -2.02. The molecule has 0 saturated heterocycles. The van der Waals surface area contributed by atoms with Gasteiger partial charge in [-0.2, -0.15) is 9.61 Å².